The van der Waals surface area contributed by atoms with Gasteiger partial charge in [-0.05, 0) is 24.5 Å². The minimum Gasteiger partial charge on any atom is -0.346 e. The van der Waals surface area contributed by atoms with E-state index in [4.69, 9.17) is 0 Å². The quantitative estimate of drug-likeness (QED) is 0.741. The molecule has 0 spiro atoms. The Bertz CT molecular complexity index is 500. The fraction of sp³-hybridized carbons (Fsp3) is 0.556. The van der Waals surface area contributed by atoms with Gasteiger partial charge in [0.2, 0.25) is 11.8 Å². The summed E-state index contributed by atoms with van der Waals surface area (Å²) < 4.78 is 0. The van der Waals surface area contributed by atoms with Gasteiger partial charge in [0.05, 0.1) is 0 Å². The second-order valence-corrected chi connectivity index (χ2v) is 5.79. The molecule has 1 aromatic carbocycles. The van der Waals surface area contributed by atoms with Crippen molar-refractivity contribution in [1.82, 2.24) is 9.80 Å². The summed E-state index contributed by atoms with van der Waals surface area (Å²) in [6, 6.07) is 8.03. The number of unbranched alkanes of at least 4 members (excludes halogenated alkanes) is 1. The largest absolute Gasteiger partial charge is 0.346 e. The van der Waals surface area contributed by atoms with Crippen LogP contribution in [0.2, 0.25) is 0 Å². The van der Waals surface area contributed by atoms with Crippen LogP contribution in [-0.4, -0.2) is 41.8 Å². The highest BCUT2D eigenvalue weighted by atomic mass is 16.2. The summed E-state index contributed by atoms with van der Waals surface area (Å²) in [5, 5.41) is 0. The first-order chi connectivity index (χ1) is 10.5. The summed E-state index contributed by atoms with van der Waals surface area (Å²) in [6.45, 7) is 7.53. The zero-order chi connectivity index (χ0) is 16.5. The maximum Gasteiger partial charge on any atom is 0.224 e. The first kappa shape index (κ1) is 18.2. The molecular weight excluding hydrogens is 276 g/mol. The monoisotopic (exact) mass is 304 g/mol. The topological polar surface area (TPSA) is 40.6 Å². The molecule has 0 atom stereocenters. The van der Waals surface area contributed by atoms with E-state index in [9.17, 15) is 9.59 Å². The second kappa shape index (κ2) is 9.23. The third-order valence-electron chi connectivity index (χ3n) is 3.94. The Kier molecular flexibility index (Phi) is 7.64. The first-order valence-electron chi connectivity index (χ1n) is 7.99. The van der Waals surface area contributed by atoms with Crippen LogP contribution in [0.3, 0.4) is 0 Å². The Hall–Kier alpha value is -1.84. The predicted molar refractivity (Wildman–Crippen MR) is 89.4 cm³/mol. The molecule has 1 aromatic rings. The minimum atomic E-state index is 0.00673. The summed E-state index contributed by atoms with van der Waals surface area (Å²) in [5.41, 5.74) is 2.30. The number of benzene rings is 1. The molecule has 22 heavy (non-hydrogen) atoms. The average Bonchev–Trinajstić information content (AvgIpc) is 2.50. The van der Waals surface area contributed by atoms with Gasteiger partial charge in [-0.25, -0.2) is 0 Å². The lowest BCUT2D eigenvalue weighted by Crippen LogP contribution is -2.34. The molecule has 1 rings (SSSR count). The van der Waals surface area contributed by atoms with Gasteiger partial charge in [0.15, 0.2) is 0 Å². The van der Waals surface area contributed by atoms with Crippen LogP contribution in [0.4, 0.5) is 0 Å². The van der Waals surface area contributed by atoms with E-state index in [0.29, 0.717) is 19.5 Å². The van der Waals surface area contributed by atoms with Gasteiger partial charge in [-0.3, -0.25) is 9.59 Å². The zero-order valence-corrected chi connectivity index (χ0v) is 14.3. The Morgan fingerprint density at radius 1 is 1.14 bits per heavy atom. The molecule has 0 fully saturated rings. The molecule has 4 nitrogen and oxygen atoms in total. The van der Waals surface area contributed by atoms with Crippen LogP contribution in [0.1, 0.15) is 44.2 Å². The Morgan fingerprint density at radius 3 is 2.41 bits per heavy atom. The van der Waals surface area contributed by atoms with Gasteiger partial charge < -0.3 is 9.80 Å². The van der Waals surface area contributed by atoms with E-state index in [0.717, 1.165) is 24.9 Å². The summed E-state index contributed by atoms with van der Waals surface area (Å²) in [7, 11) is 1.83. The standard InChI is InChI=1S/C18H28N2O2/c1-5-6-12-19(4)18(22)11-13-20(16(3)21)14-17-10-8-7-9-15(17)2/h7-10H,5-6,11-14H2,1-4H3. The van der Waals surface area contributed by atoms with E-state index in [1.165, 1.54) is 5.56 Å². The summed E-state index contributed by atoms with van der Waals surface area (Å²) in [6.07, 6.45) is 2.47. The summed E-state index contributed by atoms with van der Waals surface area (Å²) in [5.74, 6) is 0.108. The number of carbonyl (C=O) groups excluding carboxylic acids is 2. The molecule has 0 aromatic heterocycles. The normalized spacial score (nSPS) is 10.4. The summed E-state index contributed by atoms with van der Waals surface area (Å²) >= 11 is 0. The molecule has 2 amide bonds. The van der Waals surface area contributed by atoms with Crippen molar-refractivity contribution < 1.29 is 9.59 Å². The van der Waals surface area contributed by atoms with E-state index in [2.05, 4.69) is 6.92 Å². The van der Waals surface area contributed by atoms with Crippen molar-refractivity contribution in [2.24, 2.45) is 0 Å². The highest BCUT2D eigenvalue weighted by Crippen LogP contribution is 2.11. The lowest BCUT2D eigenvalue weighted by atomic mass is 10.1. The van der Waals surface area contributed by atoms with E-state index < -0.39 is 0 Å². The SMILES string of the molecule is CCCCN(C)C(=O)CCN(Cc1ccccc1C)C(C)=O. The van der Waals surface area contributed by atoms with Gasteiger partial charge in [0, 0.05) is 40.0 Å². The maximum atomic E-state index is 12.1. The molecule has 0 heterocycles. The molecule has 0 aliphatic rings. The number of nitrogens with zero attached hydrogens (tertiary/aromatic N) is 2. The molecule has 0 aliphatic heterocycles. The van der Waals surface area contributed by atoms with E-state index in [-0.39, 0.29) is 11.8 Å². The van der Waals surface area contributed by atoms with Crippen molar-refractivity contribution in [3.63, 3.8) is 0 Å². The molecule has 0 aliphatic carbocycles. The number of rotatable bonds is 8. The van der Waals surface area contributed by atoms with Crippen molar-refractivity contribution in [2.75, 3.05) is 20.1 Å². The first-order valence-corrected chi connectivity index (χ1v) is 7.99. The van der Waals surface area contributed by atoms with Crippen molar-refractivity contribution >= 4 is 11.8 Å². The second-order valence-electron chi connectivity index (χ2n) is 5.79. The smallest absolute Gasteiger partial charge is 0.224 e. The van der Waals surface area contributed by atoms with Crippen LogP contribution >= 0.6 is 0 Å². The molecular formula is C18H28N2O2. The van der Waals surface area contributed by atoms with Gasteiger partial charge in [0.25, 0.3) is 0 Å². The lowest BCUT2D eigenvalue weighted by molar-refractivity contribution is -0.133. The molecule has 0 unspecified atom stereocenters. The highest BCUT2D eigenvalue weighted by Gasteiger charge is 2.14. The molecule has 0 saturated heterocycles. The number of aryl methyl sites for hydroxylation is 1. The van der Waals surface area contributed by atoms with Gasteiger partial charge in [-0.2, -0.15) is 0 Å². The minimum absolute atomic E-state index is 0.00673. The van der Waals surface area contributed by atoms with Crippen LogP contribution < -0.4 is 0 Å². The van der Waals surface area contributed by atoms with Crippen molar-refractivity contribution in [1.29, 1.82) is 0 Å². The van der Waals surface area contributed by atoms with Crippen LogP contribution in [0.15, 0.2) is 24.3 Å². The van der Waals surface area contributed by atoms with E-state index >= 15 is 0 Å². The number of hydrogen-bond donors (Lipinski definition) is 0. The number of carbonyl (C=O) groups is 2. The predicted octanol–water partition coefficient (Wildman–Crippen LogP) is 2.99. The molecule has 0 radical (unpaired) electrons. The van der Waals surface area contributed by atoms with Gasteiger partial charge in [0.1, 0.15) is 0 Å². The maximum absolute atomic E-state index is 12.1. The Balaban J connectivity index is 2.57. The molecule has 0 N–H and O–H groups in total. The zero-order valence-electron chi connectivity index (χ0n) is 14.3. The number of hydrogen-bond acceptors (Lipinski definition) is 2. The summed E-state index contributed by atoms with van der Waals surface area (Å²) in [4.78, 5) is 27.4. The molecule has 4 heteroatoms. The van der Waals surface area contributed by atoms with E-state index in [1.807, 2.05) is 38.2 Å². The van der Waals surface area contributed by atoms with Crippen LogP contribution in [0.5, 0.6) is 0 Å². The fourth-order valence-electron chi connectivity index (χ4n) is 2.28. The van der Waals surface area contributed by atoms with Crippen molar-refractivity contribution in [3.05, 3.63) is 35.4 Å². The van der Waals surface area contributed by atoms with Crippen molar-refractivity contribution in [2.45, 2.75) is 46.6 Å². The lowest BCUT2D eigenvalue weighted by Gasteiger charge is -2.23. The third-order valence-corrected chi connectivity index (χ3v) is 3.94. The van der Waals surface area contributed by atoms with Crippen molar-refractivity contribution in [3.8, 4) is 0 Å². The van der Waals surface area contributed by atoms with Crippen LogP contribution in [-0.2, 0) is 16.1 Å². The van der Waals surface area contributed by atoms with E-state index in [1.54, 1.807) is 16.7 Å². The molecule has 122 valence electrons. The number of amides is 2. The molecule has 0 bridgehead atoms. The van der Waals surface area contributed by atoms with Gasteiger partial charge in [-0.15, -0.1) is 0 Å². The highest BCUT2D eigenvalue weighted by molar-refractivity contribution is 5.78. The third kappa shape index (κ3) is 5.88. The van der Waals surface area contributed by atoms with Gasteiger partial charge >= 0.3 is 0 Å². The van der Waals surface area contributed by atoms with Crippen LogP contribution in [0.25, 0.3) is 0 Å². The average molecular weight is 304 g/mol. The Morgan fingerprint density at radius 2 is 1.82 bits per heavy atom. The molecule has 0 saturated carbocycles. The Labute approximate surface area is 134 Å². The van der Waals surface area contributed by atoms with Gasteiger partial charge in [-0.1, -0.05) is 37.6 Å². The van der Waals surface area contributed by atoms with Crippen LogP contribution in [0, 0.1) is 6.92 Å². The fourth-order valence-corrected chi connectivity index (χ4v) is 2.28.